The number of anilines is 1. The topological polar surface area (TPSA) is 52.7 Å². The van der Waals surface area contributed by atoms with Gasteiger partial charge in [-0.1, -0.05) is 29.8 Å². The van der Waals surface area contributed by atoms with Gasteiger partial charge in [-0.25, -0.2) is 0 Å². The van der Waals surface area contributed by atoms with Crippen LogP contribution in [0.25, 0.3) is 0 Å². The molecule has 2 amide bonds. The maximum Gasteiger partial charge on any atom is 0.241 e. The molecule has 1 heterocycles. The van der Waals surface area contributed by atoms with Crippen LogP contribution in [0.2, 0.25) is 0 Å². The van der Waals surface area contributed by atoms with E-state index in [0.29, 0.717) is 13.1 Å². The molecule has 1 N–H and O–H groups in total. The maximum atomic E-state index is 12.4. The minimum absolute atomic E-state index is 0.0176. The van der Waals surface area contributed by atoms with Gasteiger partial charge in [0.05, 0.1) is 6.04 Å². The molecule has 0 saturated carbocycles. The fourth-order valence-corrected chi connectivity index (χ4v) is 2.90. The van der Waals surface area contributed by atoms with Gasteiger partial charge in [-0.05, 0) is 31.2 Å². The molecule has 0 spiro atoms. The molecule has 1 unspecified atom stereocenters. The minimum atomic E-state index is -0.213. The number of piperazine rings is 1. The predicted molar refractivity (Wildman–Crippen MR) is 95.2 cm³/mol. The molecule has 1 fully saturated rings. The average Bonchev–Trinajstić information content (AvgIpc) is 2.55. The highest BCUT2D eigenvalue weighted by Gasteiger charge is 2.28. The van der Waals surface area contributed by atoms with E-state index in [1.165, 1.54) is 0 Å². The summed E-state index contributed by atoms with van der Waals surface area (Å²) in [4.78, 5) is 28.4. The fourth-order valence-electron chi connectivity index (χ4n) is 2.64. The SMILES string of the molecule is CC(C)C(=O)N1CCN(C(C)C(=O)Nc2ccc(Br)cc2)CC1. The molecule has 6 heteroatoms. The van der Waals surface area contributed by atoms with Gasteiger partial charge >= 0.3 is 0 Å². The van der Waals surface area contributed by atoms with Crippen LogP contribution in [0, 0.1) is 5.92 Å². The molecule has 1 aliphatic heterocycles. The Bertz CT molecular complexity index is 551. The van der Waals surface area contributed by atoms with E-state index in [9.17, 15) is 9.59 Å². The summed E-state index contributed by atoms with van der Waals surface area (Å²) in [5.74, 6) is 0.201. The fraction of sp³-hybridized carbons (Fsp3) is 0.529. The highest BCUT2D eigenvalue weighted by Crippen LogP contribution is 2.15. The van der Waals surface area contributed by atoms with Gasteiger partial charge in [0, 0.05) is 42.3 Å². The number of carbonyl (C=O) groups is 2. The molecule has 23 heavy (non-hydrogen) atoms. The molecule has 1 atom stereocenters. The first kappa shape index (κ1) is 17.9. The molecule has 1 aromatic carbocycles. The Morgan fingerprint density at radius 2 is 1.61 bits per heavy atom. The van der Waals surface area contributed by atoms with Crippen molar-refractivity contribution in [3.63, 3.8) is 0 Å². The summed E-state index contributed by atoms with van der Waals surface area (Å²) in [6.07, 6.45) is 0. The molecular formula is C17H24BrN3O2. The summed E-state index contributed by atoms with van der Waals surface area (Å²) in [5, 5.41) is 2.94. The van der Waals surface area contributed by atoms with Crippen LogP contribution in [0.5, 0.6) is 0 Å². The van der Waals surface area contributed by atoms with Crippen LogP contribution >= 0.6 is 15.9 Å². The number of carbonyl (C=O) groups excluding carboxylic acids is 2. The Labute approximate surface area is 146 Å². The summed E-state index contributed by atoms with van der Waals surface area (Å²) in [7, 11) is 0. The zero-order chi connectivity index (χ0) is 17.0. The summed E-state index contributed by atoms with van der Waals surface area (Å²) >= 11 is 3.38. The third-order valence-corrected chi connectivity index (χ3v) is 4.69. The lowest BCUT2D eigenvalue weighted by molar-refractivity contribution is -0.136. The van der Waals surface area contributed by atoms with Crippen molar-refractivity contribution >= 4 is 33.4 Å². The predicted octanol–water partition coefficient (Wildman–Crippen LogP) is 2.58. The van der Waals surface area contributed by atoms with Crippen LogP contribution in [0.4, 0.5) is 5.69 Å². The van der Waals surface area contributed by atoms with E-state index in [0.717, 1.165) is 23.2 Å². The summed E-state index contributed by atoms with van der Waals surface area (Å²) in [5.41, 5.74) is 0.790. The largest absolute Gasteiger partial charge is 0.340 e. The van der Waals surface area contributed by atoms with E-state index < -0.39 is 0 Å². The van der Waals surface area contributed by atoms with Crippen molar-refractivity contribution in [1.82, 2.24) is 9.80 Å². The van der Waals surface area contributed by atoms with Crippen LogP contribution in [0.3, 0.4) is 0 Å². The smallest absolute Gasteiger partial charge is 0.241 e. The number of benzene rings is 1. The summed E-state index contributed by atoms with van der Waals surface area (Å²) in [6, 6.07) is 7.32. The molecule has 1 aliphatic rings. The van der Waals surface area contributed by atoms with Gasteiger partial charge in [-0.15, -0.1) is 0 Å². The number of amides is 2. The Hall–Kier alpha value is -1.40. The third kappa shape index (κ3) is 4.78. The van der Waals surface area contributed by atoms with Gasteiger partial charge in [-0.3, -0.25) is 14.5 Å². The van der Waals surface area contributed by atoms with Crippen LogP contribution in [-0.2, 0) is 9.59 Å². The highest BCUT2D eigenvalue weighted by molar-refractivity contribution is 9.10. The summed E-state index contributed by atoms with van der Waals surface area (Å²) < 4.78 is 0.981. The molecule has 1 saturated heterocycles. The Morgan fingerprint density at radius 3 is 2.13 bits per heavy atom. The van der Waals surface area contributed by atoms with Crippen LogP contribution in [0.1, 0.15) is 20.8 Å². The molecule has 0 aromatic heterocycles. The molecule has 0 radical (unpaired) electrons. The lowest BCUT2D eigenvalue weighted by Gasteiger charge is -2.38. The van der Waals surface area contributed by atoms with E-state index >= 15 is 0 Å². The van der Waals surface area contributed by atoms with Gasteiger partial charge in [0.2, 0.25) is 11.8 Å². The second-order valence-corrected chi connectivity index (χ2v) is 7.10. The molecule has 0 aliphatic carbocycles. The minimum Gasteiger partial charge on any atom is -0.340 e. The van der Waals surface area contributed by atoms with Crippen molar-refractivity contribution in [2.45, 2.75) is 26.8 Å². The van der Waals surface area contributed by atoms with E-state index in [1.54, 1.807) is 0 Å². The first-order valence-electron chi connectivity index (χ1n) is 7.97. The van der Waals surface area contributed by atoms with Gasteiger partial charge in [-0.2, -0.15) is 0 Å². The summed E-state index contributed by atoms with van der Waals surface area (Å²) in [6.45, 7) is 8.58. The van der Waals surface area contributed by atoms with Crippen molar-refractivity contribution in [3.05, 3.63) is 28.7 Å². The van der Waals surface area contributed by atoms with Crippen molar-refractivity contribution in [2.24, 2.45) is 5.92 Å². The standard InChI is InChI=1S/C17H24BrN3O2/c1-12(2)17(23)21-10-8-20(9-11-21)13(3)16(22)19-15-6-4-14(18)5-7-15/h4-7,12-13H,8-11H2,1-3H3,(H,19,22). The van der Waals surface area contributed by atoms with E-state index in [1.807, 2.05) is 49.9 Å². The van der Waals surface area contributed by atoms with Crippen LogP contribution in [-0.4, -0.2) is 53.8 Å². The molecule has 1 aromatic rings. The Balaban J connectivity index is 1.86. The van der Waals surface area contributed by atoms with E-state index in [-0.39, 0.29) is 23.8 Å². The number of nitrogens with one attached hydrogen (secondary N) is 1. The van der Waals surface area contributed by atoms with E-state index in [4.69, 9.17) is 0 Å². The second kappa shape index (κ2) is 7.93. The maximum absolute atomic E-state index is 12.4. The van der Waals surface area contributed by atoms with Crippen molar-refractivity contribution < 1.29 is 9.59 Å². The lowest BCUT2D eigenvalue weighted by Crippen LogP contribution is -2.54. The average molecular weight is 382 g/mol. The Kier molecular flexibility index (Phi) is 6.18. The van der Waals surface area contributed by atoms with Gasteiger partial charge < -0.3 is 10.2 Å². The van der Waals surface area contributed by atoms with Crippen LogP contribution in [0.15, 0.2) is 28.7 Å². The molecule has 126 valence electrons. The van der Waals surface area contributed by atoms with Crippen molar-refractivity contribution in [1.29, 1.82) is 0 Å². The van der Waals surface area contributed by atoms with E-state index in [2.05, 4.69) is 26.1 Å². The number of hydrogen-bond donors (Lipinski definition) is 1. The third-order valence-electron chi connectivity index (χ3n) is 4.16. The highest BCUT2D eigenvalue weighted by atomic mass is 79.9. The lowest BCUT2D eigenvalue weighted by atomic mass is 10.1. The van der Waals surface area contributed by atoms with Crippen molar-refractivity contribution in [2.75, 3.05) is 31.5 Å². The molecular weight excluding hydrogens is 358 g/mol. The normalized spacial score (nSPS) is 17.2. The van der Waals surface area contributed by atoms with Gasteiger partial charge in [0.15, 0.2) is 0 Å². The monoisotopic (exact) mass is 381 g/mol. The van der Waals surface area contributed by atoms with Crippen LogP contribution < -0.4 is 5.32 Å². The van der Waals surface area contributed by atoms with Crippen molar-refractivity contribution in [3.8, 4) is 0 Å². The quantitative estimate of drug-likeness (QED) is 0.871. The Morgan fingerprint density at radius 1 is 1.04 bits per heavy atom. The number of hydrogen-bond acceptors (Lipinski definition) is 3. The molecule has 5 nitrogen and oxygen atoms in total. The second-order valence-electron chi connectivity index (χ2n) is 6.19. The first-order valence-corrected chi connectivity index (χ1v) is 8.77. The zero-order valence-corrected chi connectivity index (χ0v) is 15.5. The number of nitrogens with zero attached hydrogens (tertiary/aromatic N) is 2. The number of rotatable bonds is 4. The van der Waals surface area contributed by atoms with Gasteiger partial charge in [0.25, 0.3) is 0 Å². The zero-order valence-electron chi connectivity index (χ0n) is 13.9. The van der Waals surface area contributed by atoms with Gasteiger partial charge in [0.1, 0.15) is 0 Å². The molecule has 0 bridgehead atoms. The number of halogens is 1. The molecule has 2 rings (SSSR count). The first-order chi connectivity index (χ1) is 10.9.